The monoisotopic (exact) mass is 301 g/mol. The van der Waals surface area contributed by atoms with Crippen molar-refractivity contribution in [3.63, 3.8) is 0 Å². The normalized spacial score (nSPS) is 19.5. The van der Waals surface area contributed by atoms with Crippen molar-refractivity contribution in [2.24, 2.45) is 5.92 Å². The highest BCUT2D eigenvalue weighted by Gasteiger charge is 2.42. The Labute approximate surface area is 121 Å². The van der Waals surface area contributed by atoms with Crippen molar-refractivity contribution in [3.05, 3.63) is 23.4 Å². The van der Waals surface area contributed by atoms with Gasteiger partial charge in [0.25, 0.3) is 5.91 Å². The number of hydrogen-bond donors (Lipinski definition) is 1. The van der Waals surface area contributed by atoms with Gasteiger partial charge in [-0.2, -0.15) is 13.2 Å². The Morgan fingerprint density at radius 1 is 1.43 bits per heavy atom. The Morgan fingerprint density at radius 3 is 2.76 bits per heavy atom. The maximum Gasteiger partial charge on any atom is 0.393 e. The quantitative estimate of drug-likeness (QED) is 0.913. The molecule has 0 spiro atoms. The molecular formula is C14H18F3N3O. The number of likely N-dealkylation sites (tertiary alicyclic amines) is 1. The number of carbonyl (C=O) groups is 1. The number of alkyl halides is 3. The number of rotatable bonds is 2. The maximum atomic E-state index is 12.8. The smallest absolute Gasteiger partial charge is 0.373 e. The topological polar surface area (TPSA) is 45.2 Å². The van der Waals surface area contributed by atoms with Crippen LogP contribution in [0.1, 0.15) is 28.9 Å². The van der Waals surface area contributed by atoms with E-state index in [0.29, 0.717) is 30.0 Å². The summed E-state index contributed by atoms with van der Waals surface area (Å²) in [6.07, 6.45) is -3.79. The summed E-state index contributed by atoms with van der Waals surface area (Å²) in [5.41, 5.74) is 1.02. The fraction of sp³-hybridized carbons (Fsp3) is 0.571. The van der Waals surface area contributed by atoms with Gasteiger partial charge in [0.05, 0.1) is 5.92 Å². The van der Waals surface area contributed by atoms with Crippen LogP contribution >= 0.6 is 0 Å². The predicted molar refractivity (Wildman–Crippen MR) is 73.2 cm³/mol. The fourth-order valence-electron chi connectivity index (χ4n) is 2.53. The molecule has 21 heavy (non-hydrogen) atoms. The predicted octanol–water partition coefficient (Wildman–Crippen LogP) is 2.85. The van der Waals surface area contributed by atoms with E-state index in [0.717, 1.165) is 0 Å². The molecular weight excluding hydrogens is 283 g/mol. The van der Waals surface area contributed by atoms with Crippen molar-refractivity contribution in [1.82, 2.24) is 9.88 Å². The number of carbonyl (C=O) groups excluding carboxylic acids is 1. The zero-order valence-electron chi connectivity index (χ0n) is 12.0. The third kappa shape index (κ3) is 3.65. The SMILES string of the molecule is CNc1cc(C(=O)N2CCCC(C(F)(F)F)C2)cc(C)n1. The summed E-state index contributed by atoms with van der Waals surface area (Å²) in [4.78, 5) is 17.9. The molecule has 0 saturated carbocycles. The van der Waals surface area contributed by atoms with Crippen LogP contribution in [0.3, 0.4) is 0 Å². The largest absolute Gasteiger partial charge is 0.393 e. The van der Waals surface area contributed by atoms with Crippen LogP contribution in [0.4, 0.5) is 19.0 Å². The van der Waals surface area contributed by atoms with Gasteiger partial charge in [-0.25, -0.2) is 4.98 Å². The first-order valence-electron chi connectivity index (χ1n) is 6.83. The minimum absolute atomic E-state index is 0.0877. The van der Waals surface area contributed by atoms with Gasteiger partial charge < -0.3 is 10.2 Å². The number of aryl methyl sites for hydroxylation is 1. The van der Waals surface area contributed by atoms with Gasteiger partial charge in [-0.15, -0.1) is 0 Å². The second-order valence-corrected chi connectivity index (χ2v) is 5.26. The first-order valence-corrected chi connectivity index (χ1v) is 6.83. The first-order chi connectivity index (χ1) is 9.81. The number of hydrogen-bond acceptors (Lipinski definition) is 3. The van der Waals surface area contributed by atoms with Gasteiger partial charge in [0.1, 0.15) is 5.82 Å². The number of amides is 1. The maximum absolute atomic E-state index is 12.8. The zero-order valence-corrected chi connectivity index (χ0v) is 12.0. The molecule has 2 rings (SSSR count). The van der Waals surface area contributed by atoms with E-state index in [9.17, 15) is 18.0 Å². The first kappa shape index (κ1) is 15.6. The van der Waals surface area contributed by atoms with E-state index in [2.05, 4.69) is 10.3 Å². The lowest BCUT2D eigenvalue weighted by atomic mass is 9.97. The van der Waals surface area contributed by atoms with Gasteiger partial charge >= 0.3 is 6.18 Å². The molecule has 7 heteroatoms. The summed E-state index contributed by atoms with van der Waals surface area (Å²) < 4.78 is 38.4. The number of nitrogens with one attached hydrogen (secondary N) is 1. The number of nitrogens with zero attached hydrogens (tertiary/aromatic N) is 2. The Hall–Kier alpha value is -1.79. The summed E-state index contributed by atoms with van der Waals surface area (Å²) in [6.45, 7) is 1.84. The number of pyridine rings is 1. The minimum atomic E-state index is -4.25. The summed E-state index contributed by atoms with van der Waals surface area (Å²) in [5, 5.41) is 2.84. The van der Waals surface area contributed by atoms with Crippen molar-refractivity contribution >= 4 is 11.7 Å². The fourth-order valence-corrected chi connectivity index (χ4v) is 2.53. The second kappa shape index (κ2) is 5.91. The molecule has 0 aliphatic carbocycles. The molecule has 2 heterocycles. The lowest BCUT2D eigenvalue weighted by Gasteiger charge is -2.33. The molecule has 4 nitrogen and oxygen atoms in total. The van der Waals surface area contributed by atoms with Crippen LogP contribution in [0.5, 0.6) is 0 Å². The highest BCUT2D eigenvalue weighted by Crippen LogP contribution is 2.33. The van der Waals surface area contributed by atoms with Crippen LogP contribution in [-0.2, 0) is 0 Å². The number of piperidine rings is 1. The van der Waals surface area contributed by atoms with Crippen LogP contribution < -0.4 is 5.32 Å². The van der Waals surface area contributed by atoms with Crippen LogP contribution in [0.15, 0.2) is 12.1 Å². The standard InChI is InChI=1S/C14H18F3N3O/c1-9-6-10(7-12(18-2)19-9)13(21)20-5-3-4-11(8-20)14(15,16)17/h6-7,11H,3-5,8H2,1-2H3,(H,18,19). The Balaban J connectivity index is 2.18. The van der Waals surface area contributed by atoms with Crippen molar-refractivity contribution < 1.29 is 18.0 Å². The molecule has 1 unspecified atom stereocenters. The molecule has 1 aliphatic rings. The minimum Gasteiger partial charge on any atom is -0.373 e. The molecule has 1 saturated heterocycles. The molecule has 1 amide bonds. The van der Waals surface area contributed by atoms with Gasteiger partial charge in [0.2, 0.25) is 0 Å². The zero-order chi connectivity index (χ0) is 15.6. The summed E-state index contributed by atoms with van der Waals surface area (Å²) in [7, 11) is 1.68. The van der Waals surface area contributed by atoms with Gasteiger partial charge in [0.15, 0.2) is 0 Å². The number of halogens is 3. The second-order valence-electron chi connectivity index (χ2n) is 5.26. The van der Waals surface area contributed by atoms with Gasteiger partial charge in [-0.1, -0.05) is 0 Å². The van der Waals surface area contributed by atoms with E-state index < -0.39 is 12.1 Å². The Bertz CT molecular complexity index is 531. The van der Waals surface area contributed by atoms with Crippen LogP contribution in [-0.4, -0.2) is 42.1 Å². The molecule has 0 radical (unpaired) electrons. The van der Waals surface area contributed by atoms with E-state index >= 15 is 0 Å². The van der Waals surface area contributed by atoms with Gasteiger partial charge in [-0.05, 0) is 31.9 Å². The highest BCUT2D eigenvalue weighted by atomic mass is 19.4. The number of anilines is 1. The van der Waals surface area contributed by atoms with Gasteiger partial charge in [0, 0.05) is 31.4 Å². The number of aromatic nitrogens is 1. The summed E-state index contributed by atoms with van der Waals surface area (Å²) >= 11 is 0. The third-order valence-corrected chi connectivity index (χ3v) is 3.63. The van der Waals surface area contributed by atoms with Crippen LogP contribution in [0.25, 0.3) is 0 Å². The lowest BCUT2D eigenvalue weighted by molar-refractivity contribution is -0.184. The highest BCUT2D eigenvalue weighted by molar-refractivity contribution is 5.95. The Kier molecular flexibility index (Phi) is 4.39. The Morgan fingerprint density at radius 2 is 2.14 bits per heavy atom. The molecule has 1 fully saturated rings. The van der Waals surface area contributed by atoms with Gasteiger partial charge in [-0.3, -0.25) is 4.79 Å². The van der Waals surface area contributed by atoms with E-state index in [1.165, 1.54) is 4.90 Å². The molecule has 0 bridgehead atoms. The van der Waals surface area contributed by atoms with E-state index in [1.54, 1.807) is 26.1 Å². The van der Waals surface area contributed by atoms with Crippen LogP contribution in [0.2, 0.25) is 0 Å². The molecule has 116 valence electrons. The van der Waals surface area contributed by atoms with E-state index in [-0.39, 0.29) is 18.9 Å². The lowest BCUT2D eigenvalue weighted by Crippen LogP contribution is -2.44. The van der Waals surface area contributed by atoms with Crippen molar-refractivity contribution in [2.75, 3.05) is 25.5 Å². The molecule has 1 N–H and O–H groups in total. The van der Waals surface area contributed by atoms with E-state index in [1.807, 2.05) is 0 Å². The van der Waals surface area contributed by atoms with Crippen LogP contribution in [0, 0.1) is 12.8 Å². The molecule has 0 aromatic carbocycles. The molecule has 1 aliphatic heterocycles. The average molecular weight is 301 g/mol. The summed E-state index contributed by atoms with van der Waals surface area (Å²) in [6, 6.07) is 3.16. The third-order valence-electron chi connectivity index (χ3n) is 3.63. The summed E-state index contributed by atoms with van der Waals surface area (Å²) in [5.74, 6) is -1.27. The van der Waals surface area contributed by atoms with Crippen molar-refractivity contribution in [2.45, 2.75) is 25.9 Å². The average Bonchev–Trinajstić information content (AvgIpc) is 2.45. The molecule has 1 aromatic heterocycles. The van der Waals surface area contributed by atoms with E-state index in [4.69, 9.17) is 0 Å². The van der Waals surface area contributed by atoms with Crippen molar-refractivity contribution in [3.8, 4) is 0 Å². The molecule has 1 atom stereocenters. The van der Waals surface area contributed by atoms with Crippen molar-refractivity contribution in [1.29, 1.82) is 0 Å². The molecule has 1 aromatic rings.